The molecule has 0 aromatic heterocycles. The molecule has 0 spiro atoms. The fourth-order valence-electron chi connectivity index (χ4n) is 1.65. The number of nitrogens with one attached hydrogen (secondary N) is 2. The van der Waals surface area contributed by atoms with Crippen LogP contribution in [0.2, 0.25) is 0 Å². The summed E-state index contributed by atoms with van der Waals surface area (Å²) in [6.07, 6.45) is 2.45. The van der Waals surface area contributed by atoms with E-state index in [2.05, 4.69) is 10.6 Å². The first kappa shape index (κ1) is 13.0. The summed E-state index contributed by atoms with van der Waals surface area (Å²) in [7, 11) is 0. The van der Waals surface area contributed by atoms with Crippen LogP contribution in [-0.2, 0) is 11.3 Å². The molecule has 0 saturated heterocycles. The van der Waals surface area contributed by atoms with Gasteiger partial charge >= 0.3 is 0 Å². The van der Waals surface area contributed by atoms with Crippen molar-refractivity contribution in [1.29, 1.82) is 0 Å². The van der Waals surface area contributed by atoms with E-state index in [1.54, 1.807) is 0 Å². The Labute approximate surface area is 105 Å². The van der Waals surface area contributed by atoms with Gasteiger partial charge in [0.05, 0.1) is 6.54 Å². The monoisotopic (exact) mass is 254 g/mol. The lowest BCUT2D eigenvalue weighted by molar-refractivity contribution is -0.120. The van der Waals surface area contributed by atoms with Crippen molar-refractivity contribution in [2.24, 2.45) is 5.92 Å². The highest BCUT2D eigenvalue weighted by molar-refractivity contribution is 5.77. The van der Waals surface area contributed by atoms with E-state index >= 15 is 0 Å². The van der Waals surface area contributed by atoms with Gasteiger partial charge in [-0.25, -0.2) is 8.78 Å². The van der Waals surface area contributed by atoms with E-state index in [1.165, 1.54) is 12.8 Å². The Morgan fingerprint density at radius 2 is 2.11 bits per heavy atom. The van der Waals surface area contributed by atoms with Crippen molar-refractivity contribution in [3.63, 3.8) is 0 Å². The van der Waals surface area contributed by atoms with Gasteiger partial charge in [0.1, 0.15) is 11.6 Å². The molecule has 0 aliphatic heterocycles. The fourth-order valence-corrected chi connectivity index (χ4v) is 1.65. The molecular formula is C13H16F2N2O. The number of benzene rings is 1. The summed E-state index contributed by atoms with van der Waals surface area (Å²) in [5, 5.41) is 5.58. The van der Waals surface area contributed by atoms with Gasteiger partial charge in [-0.3, -0.25) is 4.79 Å². The molecule has 5 heteroatoms. The Balaban J connectivity index is 1.72. The molecule has 18 heavy (non-hydrogen) atoms. The lowest BCUT2D eigenvalue weighted by Crippen LogP contribution is -2.34. The zero-order chi connectivity index (χ0) is 13.0. The Bertz CT molecular complexity index is 433. The quantitative estimate of drug-likeness (QED) is 0.809. The van der Waals surface area contributed by atoms with Crippen molar-refractivity contribution in [2.45, 2.75) is 19.4 Å². The lowest BCUT2D eigenvalue weighted by atomic mass is 10.2. The molecule has 0 atom stereocenters. The maximum atomic E-state index is 13.3. The van der Waals surface area contributed by atoms with E-state index in [4.69, 9.17) is 0 Å². The average molecular weight is 254 g/mol. The molecular weight excluding hydrogens is 238 g/mol. The molecule has 0 bridgehead atoms. The van der Waals surface area contributed by atoms with E-state index in [0.717, 1.165) is 24.7 Å². The third-order valence-electron chi connectivity index (χ3n) is 2.90. The summed E-state index contributed by atoms with van der Waals surface area (Å²) >= 11 is 0. The van der Waals surface area contributed by atoms with Crippen LogP contribution in [0.4, 0.5) is 8.78 Å². The van der Waals surface area contributed by atoms with E-state index in [9.17, 15) is 13.6 Å². The maximum Gasteiger partial charge on any atom is 0.234 e. The van der Waals surface area contributed by atoms with Crippen LogP contribution in [0.15, 0.2) is 18.2 Å². The van der Waals surface area contributed by atoms with Gasteiger partial charge < -0.3 is 10.6 Å². The van der Waals surface area contributed by atoms with E-state index in [1.807, 2.05) is 0 Å². The first-order valence-corrected chi connectivity index (χ1v) is 6.06. The standard InChI is InChI=1S/C13H16F2N2O/c14-11-3-4-12(15)10(5-11)7-17-13(18)8-16-6-9-1-2-9/h3-5,9,16H,1-2,6-8H2,(H,17,18). The van der Waals surface area contributed by atoms with Crippen molar-refractivity contribution in [3.05, 3.63) is 35.4 Å². The van der Waals surface area contributed by atoms with Gasteiger partial charge in [0.15, 0.2) is 0 Å². The molecule has 0 unspecified atom stereocenters. The van der Waals surface area contributed by atoms with Gasteiger partial charge in [-0.2, -0.15) is 0 Å². The van der Waals surface area contributed by atoms with Crippen molar-refractivity contribution in [2.75, 3.05) is 13.1 Å². The van der Waals surface area contributed by atoms with Gasteiger partial charge in [0.25, 0.3) is 0 Å². The molecule has 1 aromatic rings. The predicted molar refractivity (Wildman–Crippen MR) is 63.8 cm³/mol. The average Bonchev–Trinajstić information content (AvgIpc) is 3.14. The van der Waals surface area contributed by atoms with Gasteiger partial charge in [0.2, 0.25) is 5.91 Å². The molecule has 98 valence electrons. The number of amides is 1. The molecule has 1 aromatic carbocycles. The van der Waals surface area contributed by atoms with Crippen molar-refractivity contribution < 1.29 is 13.6 Å². The SMILES string of the molecule is O=C(CNCC1CC1)NCc1cc(F)ccc1F. The molecule has 1 aliphatic rings. The number of hydrogen-bond donors (Lipinski definition) is 2. The van der Waals surface area contributed by atoms with Crippen LogP contribution in [0.3, 0.4) is 0 Å². The van der Waals surface area contributed by atoms with E-state index < -0.39 is 11.6 Å². The molecule has 1 saturated carbocycles. The minimum absolute atomic E-state index is 0.00748. The summed E-state index contributed by atoms with van der Waals surface area (Å²) in [4.78, 5) is 11.4. The second kappa shape index (κ2) is 5.91. The smallest absolute Gasteiger partial charge is 0.234 e. The van der Waals surface area contributed by atoms with Crippen LogP contribution in [0.25, 0.3) is 0 Å². The van der Waals surface area contributed by atoms with Crippen LogP contribution < -0.4 is 10.6 Å². The van der Waals surface area contributed by atoms with Gasteiger partial charge in [0, 0.05) is 12.1 Å². The summed E-state index contributed by atoms with van der Waals surface area (Å²) < 4.78 is 26.1. The maximum absolute atomic E-state index is 13.3. The first-order valence-electron chi connectivity index (χ1n) is 6.06. The second-order valence-electron chi connectivity index (χ2n) is 4.59. The third-order valence-corrected chi connectivity index (χ3v) is 2.90. The topological polar surface area (TPSA) is 41.1 Å². The molecule has 0 radical (unpaired) electrons. The van der Waals surface area contributed by atoms with Crippen LogP contribution in [0.5, 0.6) is 0 Å². The summed E-state index contributed by atoms with van der Waals surface area (Å²) in [5.74, 6) is -0.520. The molecule has 1 fully saturated rings. The molecule has 3 nitrogen and oxygen atoms in total. The summed E-state index contributed by atoms with van der Waals surface area (Å²) in [6.45, 7) is 1.07. The molecule has 1 amide bonds. The number of halogens is 2. The van der Waals surface area contributed by atoms with Crippen LogP contribution in [-0.4, -0.2) is 19.0 Å². The highest BCUT2D eigenvalue weighted by atomic mass is 19.1. The summed E-state index contributed by atoms with van der Waals surface area (Å²) in [5.41, 5.74) is 0.158. The van der Waals surface area contributed by atoms with Crippen LogP contribution >= 0.6 is 0 Å². The number of carbonyl (C=O) groups is 1. The van der Waals surface area contributed by atoms with Crippen LogP contribution in [0.1, 0.15) is 18.4 Å². The third kappa shape index (κ3) is 4.07. The minimum atomic E-state index is -0.511. The fraction of sp³-hybridized carbons (Fsp3) is 0.462. The predicted octanol–water partition coefficient (Wildman–Crippen LogP) is 1.58. The lowest BCUT2D eigenvalue weighted by Gasteiger charge is -2.07. The summed E-state index contributed by atoms with van der Waals surface area (Å²) in [6, 6.07) is 3.20. The Hall–Kier alpha value is -1.49. The zero-order valence-corrected chi connectivity index (χ0v) is 10.0. The molecule has 0 heterocycles. The van der Waals surface area contributed by atoms with Crippen molar-refractivity contribution in [3.8, 4) is 0 Å². The normalized spacial score (nSPS) is 14.6. The largest absolute Gasteiger partial charge is 0.351 e. The number of hydrogen-bond acceptors (Lipinski definition) is 2. The van der Waals surface area contributed by atoms with Gasteiger partial charge in [-0.15, -0.1) is 0 Å². The molecule has 2 N–H and O–H groups in total. The number of carbonyl (C=O) groups excluding carboxylic acids is 1. The van der Waals surface area contributed by atoms with Crippen molar-refractivity contribution in [1.82, 2.24) is 10.6 Å². The van der Waals surface area contributed by atoms with E-state index in [-0.39, 0.29) is 24.6 Å². The first-order chi connectivity index (χ1) is 8.65. The Kier molecular flexibility index (Phi) is 4.25. The van der Waals surface area contributed by atoms with E-state index in [0.29, 0.717) is 5.92 Å². The van der Waals surface area contributed by atoms with Crippen LogP contribution in [0, 0.1) is 17.6 Å². The zero-order valence-electron chi connectivity index (χ0n) is 10.0. The molecule has 2 rings (SSSR count). The minimum Gasteiger partial charge on any atom is -0.351 e. The molecule has 1 aliphatic carbocycles. The second-order valence-corrected chi connectivity index (χ2v) is 4.59. The highest BCUT2D eigenvalue weighted by Gasteiger charge is 2.20. The van der Waals surface area contributed by atoms with Crippen molar-refractivity contribution >= 4 is 5.91 Å². The van der Waals surface area contributed by atoms with Gasteiger partial charge in [-0.1, -0.05) is 0 Å². The highest BCUT2D eigenvalue weighted by Crippen LogP contribution is 2.27. The Morgan fingerprint density at radius 3 is 2.83 bits per heavy atom. The Morgan fingerprint density at radius 1 is 1.33 bits per heavy atom. The number of rotatable bonds is 6. The van der Waals surface area contributed by atoms with Gasteiger partial charge in [-0.05, 0) is 43.5 Å².